The van der Waals surface area contributed by atoms with E-state index in [0.29, 0.717) is 12.5 Å². The number of guanidine groups is 1. The van der Waals surface area contributed by atoms with E-state index in [1.54, 1.807) is 13.4 Å². The van der Waals surface area contributed by atoms with Crippen LogP contribution in [0.2, 0.25) is 0 Å². The summed E-state index contributed by atoms with van der Waals surface area (Å²) in [5.74, 6) is 3.28. The monoisotopic (exact) mass is 313 g/mol. The fourth-order valence-corrected chi connectivity index (χ4v) is 3.01. The summed E-state index contributed by atoms with van der Waals surface area (Å²) < 4.78 is 10.6. The lowest BCUT2D eigenvalue weighted by Crippen LogP contribution is -2.39. The van der Waals surface area contributed by atoms with E-state index in [-0.39, 0.29) is 0 Å². The zero-order chi connectivity index (χ0) is 16.1. The summed E-state index contributed by atoms with van der Waals surface area (Å²) in [5, 5.41) is 3.37. The van der Waals surface area contributed by atoms with Gasteiger partial charge in [-0.25, -0.2) is 0 Å². The van der Waals surface area contributed by atoms with Gasteiger partial charge < -0.3 is 19.4 Å². The van der Waals surface area contributed by atoms with Gasteiger partial charge in [-0.15, -0.1) is 0 Å². The second-order valence-corrected chi connectivity index (χ2v) is 5.68. The minimum Gasteiger partial charge on any atom is -0.497 e. The van der Waals surface area contributed by atoms with Crippen molar-refractivity contribution in [3.8, 4) is 5.75 Å². The Labute approximate surface area is 137 Å². The largest absolute Gasteiger partial charge is 0.497 e. The highest BCUT2D eigenvalue weighted by molar-refractivity contribution is 5.80. The fraction of sp³-hybridized carbons (Fsp3) is 0.389. The number of nitrogens with zero attached hydrogens (tertiary/aromatic N) is 2. The van der Waals surface area contributed by atoms with Crippen molar-refractivity contribution in [1.82, 2.24) is 10.2 Å². The first-order valence-electron chi connectivity index (χ1n) is 7.92. The summed E-state index contributed by atoms with van der Waals surface area (Å²) in [6, 6.07) is 12.2. The topological polar surface area (TPSA) is 50.0 Å². The molecular weight excluding hydrogens is 290 g/mol. The highest BCUT2D eigenvalue weighted by Gasteiger charge is 2.26. The van der Waals surface area contributed by atoms with Crippen LogP contribution in [0.1, 0.15) is 23.7 Å². The fourth-order valence-electron chi connectivity index (χ4n) is 3.01. The van der Waals surface area contributed by atoms with E-state index in [2.05, 4.69) is 27.3 Å². The zero-order valence-electron chi connectivity index (χ0n) is 13.7. The van der Waals surface area contributed by atoms with Crippen molar-refractivity contribution >= 4 is 5.96 Å². The number of hydrogen-bond acceptors (Lipinski definition) is 3. The maximum absolute atomic E-state index is 5.36. The normalized spacial score (nSPS) is 18.3. The molecule has 0 saturated carbocycles. The Morgan fingerprint density at radius 3 is 2.83 bits per heavy atom. The number of benzene rings is 1. The van der Waals surface area contributed by atoms with Crippen LogP contribution in [-0.4, -0.2) is 38.1 Å². The van der Waals surface area contributed by atoms with Crippen molar-refractivity contribution < 1.29 is 9.15 Å². The Kier molecular flexibility index (Phi) is 4.86. The number of furan rings is 1. The van der Waals surface area contributed by atoms with Gasteiger partial charge in [0.25, 0.3) is 0 Å². The van der Waals surface area contributed by atoms with Crippen LogP contribution in [0, 0.1) is 0 Å². The van der Waals surface area contributed by atoms with Crippen LogP contribution in [0.4, 0.5) is 0 Å². The minimum atomic E-state index is 0.531. The maximum atomic E-state index is 5.36. The molecule has 122 valence electrons. The van der Waals surface area contributed by atoms with Gasteiger partial charge in [0.15, 0.2) is 5.96 Å². The van der Waals surface area contributed by atoms with E-state index in [1.165, 1.54) is 5.56 Å². The van der Waals surface area contributed by atoms with Gasteiger partial charge in [0.2, 0.25) is 0 Å². The average molecular weight is 313 g/mol. The lowest BCUT2D eigenvalue weighted by Gasteiger charge is -2.21. The molecule has 2 aromatic rings. The first-order valence-corrected chi connectivity index (χ1v) is 7.92. The number of ether oxygens (including phenoxy) is 1. The molecule has 1 aromatic heterocycles. The number of nitrogens with one attached hydrogen (secondary N) is 1. The standard InChI is InChI=1S/C18H23N3O2/c1-19-18(20-12-17-4-3-11-23-17)21-10-9-15(13-21)14-5-7-16(22-2)8-6-14/h3-8,11,15H,9-10,12-13H2,1-2H3,(H,19,20). The quantitative estimate of drug-likeness (QED) is 0.696. The van der Waals surface area contributed by atoms with Crippen LogP contribution in [-0.2, 0) is 6.54 Å². The third-order valence-electron chi connectivity index (χ3n) is 4.29. The Hall–Kier alpha value is -2.43. The van der Waals surface area contributed by atoms with E-state index in [0.717, 1.165) is 37.0 Å². The highest BCUT2D eigenvalue weighted by atomic mass is 16.5. The lowest BCUT2D eigenvalue weighted by atomic mass is 9.98. The lowest BCUT2D eigenvalue weighted by molar-refractivity contribution is 0.414. The van der Waals surface area contributed by atoms with E-state index < -0.39 is 0 Å². The number of aliphatic imine (C=N–C) groups is 1. The minimum absolute atomic E-state index is 0.531. The van der Waals surface area contributed by atoms with Crippen LogP contribution in [0.25, 0.3) is 0 Å². The molecule has 1 aliphatic heterocycles. The molecule has 1 saturated heterocycles. The molecule has 1 aliphatic rings. The molecule has 1 N–H and O–H groups in total. The summed E-state index contributed by atoms with van der Waals surface area (Å²) >= 11 is 0. The summed E-state index contributed by atoms with van der Waals surface area (Å²) in [4.78, 5) is 6.70. The average Bonchev–Trinajstić information content (AvgIpc) is 3.27. The van der Waals surface area contributed by atoms with E-state index >= 15 is 0 Å². The Balaban J connectivity index is 1.58. The van der Waals surface area contributed by atoms with Gasteiger partial charge in [0.05, 0.1) is 19.9 Å². The zero-order valence-corrected chi connectivity index (χ0v) is 13.7. The summed E-state index contributed by atoms with van der Waals surface area (Å²) in [7, 11) is 3.52. The second-order valence-electron chi connectivity index (χ2n) is 5.68. The first kappa shape index (κ1) is 15.5. The SMILES string of the molecule is CN=C(NCc1ccco1)N1CCC(c2ccc(OC)cc2)C1. The van der Waals surface area contributed by atoms with Crippen molar-refractivity contribution in [2.75, 3.05) is 27.2 Å². The Bertz CT molecular complexity index is 635. The van der Waals surface area contributed by atoms with Crippen molar-refractivity contribution in [1.29, 1.82) is 0 Å². The molecule has 3 rings (SSSR count). The van der Waals surface area contributed by atoms with Gasteiger partial charge in [0.1, 0.15) is 11.5 Å². The van der Waals surface area contributed by atoms with Crippen LogP contribution in [0.3, 0.4) is 0 Å². The molecule has 0 radical (unpaired) electrons. The molecule has 1 unspecified atom stereocenters. The molecule has 0 bridgehead atoms. The summed E-state index contributed by atoms with van der Waals surface area (Å²) in [6.07, 6.45) is 2.82. The molecule has 1 atom stereocenters. The van der Waals surface area contributed by atoms with Crippen LogP contribution in [0.5, 0.6) is 5.75 Å². The third-order valence-corrected chi connectivity index (χ3v) is 4.29. The molecule has 1 fully saturated rings. The Morgan fingerprint density at radius 2 is 2.17 bits per heavy atom. The van der Waals surface area contributed by atoms with Crippen molar-refractivity contribution in [3.63, 3.8) is 0 Å². The first-order chi connectivity index (χ1) is 11.3. The van der Waals surface area contributed by atoms with Crippen molar-refractivity contribution in [2.24, 2.45) is 4.99 Å². The highest BCUT2D eigenvalue weighted by Crippen LogP contribution is 2.28. The van der Waals surface area contributed by atoms with Crippen molar-refractivity contribution in [2.45, 2.75) is 18.9 Å². The summed E-state index contributed by atoms with van der Waals surface area (Å²) in [6.45, 7) is 2.64. The van der Waals surface area contributed by atoms with Crippen LogP contribution in [0.15, 0.2) is 52.1 Å². The molecule has 5 heteroatoms. The second kappa shape index (κ2) is 7.22. The van der Waals surface area contributed by atoms with E-state index in [4.69, 9.17) is 9.15 Å². The molecule has 23 heavy (non-hydrogen) atoms. The smallest absolute Gasteiger partial charge is 0.194 e. The van der Waals surface area contributed by atoms with E-state index in [9.17, 15) is 0 Å². The third kappa shape index (κ3) is 3.67. The number of methoxy groups -OCH3 is 1. The van der Waals surface area contributed by atoms with Crippen LogP contribution < -0.4 is 10.1 Å². The van der Waals surface area contributed by atoms with Crippen LogP contribution >= 0.6 is 0 Å². The van der Waals surface area contributed by atoms with Gasteiger partial charge in [-0.05, 0) is 36.2 Å². The van der Waals surface area contributed by atoms with E-state index in [1.807, 2.05) is 31.3 Å². The molecular formula is C18H23N3O2. The van der Waals surface area contributed by atoms with Gasteiger partial charge in [-0.1, -0.05) is 12.1 Å². The van der Waals surface area contributed by atoms with Gasteiger partial charge in [-0.3, -0.25) is 4.99 Å². The number of likely N-dealkylation sites (tertiary alicyclic amines) is 1. The Morgan fingerprint density at radius 1 is 1.35 bits per heavy atom. The molecule has 0 spiro atoms. The molecule has 0 aliphatic carbocycles. The van der Waals surface area contributed by atoms with Gasteiger partial charge >= 0.3 is 0 Å². The molecule has 2 heterocycles. The molecule has 1 aromatic carbocycles. The van der Waals surface area contributed by atoms with Gasteiger partial charge in [0, 0.05) is 26.1 Å². The summed E-state index contributed by atoms with van der Waals surface area (Å²) in [5.41, 5.74) is 1.36. The predicted molar refractivity (Wildman–Crippen MR) is 90.8 cm³/mol. The maximum Gasteiger partial charge on any atom is 0.194 e. The van der Waals surface area contributed by atoms with Gasteiger partial charge in [-0.2, -0.15) is 0 Å². The number of rotatable bonds is 4. The predicted octanol–water partition coefficient (Wildman–Crippen LogP) is 2.85. The number of hydrogen-bond donors (Lipinski definition) is 1. The molecule has 5 nitrogen and oxygen atoms in total. The molecule has 0 amide bonds. The van der Waals surface area contributed by atoms with Crippen molar-refractivity contribution in [3.05, 3.63) is 54.0 Å².